The van der Waals surface area contributed by atoms with E-state index < -0.39 is 0 Å². The molecule has 0 bridgehead atoms. The van der Waals surface area contributed by atoms with Crippen molar-refractivity contribution in [2.24, 2.45) is 11.3 Å². The molecule has 0 aromatic carbocycles. The number of ether oxygens (including phenoxy) is 1. The van der Waals surface area contributed by atoms with Crippen molar-refractivity contribution in [2.75, 3.05) is 6.61 Å². The molecule has 0 unspecified atom stereocenters. The maximum Gasteiger partial charge on any atom is 0.316 e. The third kappa shape index (κ3) is 1.70. The van der Waals surface area contributed by atoms with Crippen LogP contribution in [0.2, 0.25) is 0 Å². The van der Waals surface area contributed by atoms with Gasteiger partial charge in [-0.15, -0.1) is 0 Å². The maximum absolute atomic E-state index is 11.7. The predicted molar refractivity (Wildman–Crippen MR) is 59.4 cm³/mol. The van der Waals surface area contributed by atoms with Crippen molar-refractivity contribution in [1.29, 1.82) is 0 Å². The first-order valence-corrected chi connectivity index (χ1v) is 6.04. The fraction of sp³-hybridized carbons (Fsp3) is 0.769. The monoisotopic (exact) mass is 208 g/mol. The van der Waals surface area contributed by atoms with E-state index in [0.717, 1.165) is 18.4 Å². The van der Waals surface area contributed by atoms with Gasteiger partial charge in [0.15, 0.2) is 0 Å². The van der Waals surface area contributed by atoms with Gasteiger partial charge in [-0.1, -0.05) is 32.8 Å². The Kier molecular flexibility index (Phi) is 2.85. The van der Waals surface area contributed by atoms with Gasteiger partial charge in [-0.3, -0.25) is 4.79 Å². The van der Waals surface area contributed by atoms with Crippen molar-refractivity contribution < 1.29 is 9.53 Å². The Labute approximate surface area is 91.7 Å². The highest BCUT2D eigenvalue weighted by Gasteiger charge is 2.51. The average molecular weight is 208 g/mol. The van der Waals surface area contributed by atoms with Crippen LogP contribution >= 0.6 is 0 Å². The number of carbonyl (C=O) groups excluding carboxylic acids is 1. The van der Waals surface area contributed by atoms with Crippen LogP contribution in [0, 0.1) is 11.3 Å². The van der Waals surface area contributed by atoms with Crippen LogP contribution in [0.3, 0.4) is 0 Å². The Morgan fingerprint density at radius 3 is 3.00 bits per heavy atom. The van der Waals surface area contributed by atoms with E-state index in [0.29, 0.717) is 12.5 Å². The van der Waals surface area contributed by atoms with Gasteiger partial charge in [-0.2, -0.15) is 0 Å². The van der Waals surface area contributed by atoms with Crippen molar-refractivity contribution in [3.8, 4) is 0 Å². The van der Waals surface area contributed by atoms with Crippen LogP contribution in [0.1, 0.15) is 45.4 Å². The second-order valence-electron chi connectivity index (χ2n) is 5.01. The van der Waals surface area contributed by atoms with Crippen molar-refractivity contribution in [3.63, 3.8) is 0 Å². The van der Waals surface area contributed by atoms with Gasteiger partial charge in [-0.05, 0) is 30.8 Å². The van der Waals surface area contributed by atoms with Crippen LogP contribution in [0.25, 0.3) is 0 Å². The molecule has 1 saturated heterocycles. The van der Waals surface area contributed by atoms with Crippen LogP contribution in [0.5, 0.6) is 0 Å². The first kappa shape index (κ1) is 10.7. The topological polar surface area (TPSA) is 26.3 Å². The number of esters is 1. The van der Waals surface area contributed by atoms with Crippen molar-refractivity contribution >= 4 is 5.97 Å². The van der Waals surface area contributed by atoms with Gasteiger partial charge in [0.25, 0.3) is 0 Å². The molecule has 0 aromatic heterocycles. The highest BCUT2D eigenvalue weighted by molar-refractivity contribution is 5.83. The van der Waals surface area contributed by atoms with E-state index in [9.17, 15) is 4.79 Å². The van der Waals surface area contributed by atoms with Crippen LogP contribution in [-0.2, 0) is 9.53 Å². The number of cyclic esters (lactones) is 1. The second kappa shape index (κ2) is 3.99. The standard InChI is InChI=1S/C13H20O2/c1-3-4-5-11-6-7-13(8-11)10(2)9-15-12(13)14/h11H,2-9H2,1H3/t11-,13-/m1/s1. The van der Waals surface area contributed by atoms with Gasteiger partial charge < -0.3 is 4.74 Å². The van der Waals surface area contributed by atoms with Gasteiger partial charge >= 0.3 is 5.97 Å². The lowest BCUT2D eigenvalue weighted by molar-refractivity contribution is -0.145. The molecule has 15 heavy (non-hydrogen) atoms. The Morgan fingerprint density at radius 2 is 2.40 bits per heavy atom. The molecule has 2 heteroatoms. The largest absolute Gasteiger partial charge is 0.460 e. The summed E-state index contributed by atoms with van der Waals surface area (Å²) in [6, 6.07) is 0. The molecule has 0 amide bonds. The van der Waals surface area contributed by atoms with Gasteiger partial charge in [0.1, 0.15) is 6.61 Å². The lowest BCUT2D eigenvalue weighted by atomic mass is 9.80. The van der Waals surface area contributed by atoms with E-state index >= 15 is 0 Å². The Balaban J connectivity index is 2.01. The minimum absolute atomic E-state index is 0.00787. The quantitative estimate of drug-likeness (QED) is 0.526. The highest BCUT2D eigenvalue weighted by atomic mass is 16.5. The van der Waals surface area contributed by atoms with Crippen molar-refractivity contribution in [3.05, 3.63) is 12.2 Å². The van der Waals surface area contributed by atoms with E-state index in [1.54, 1.807) is 0 Å². The molecule has 0 radical (unpaired) electrons. The summed E-state index contributed by atoms with van der Waals surface area (Å²) >= 11 is 0. The Morgan fingerprint density at radius 1 is 1.60 bits per heavy atom. The summed E-state index contributed by atoms with van der Waals surface area (Å²) in [6.07, 6.45) is 6.92. The zero-order chi connectivity index (χ0) is 10.9. The van der Waals surface area contributed by atoms with Gasteiger partial charge in [0, 0.05) is 0 Å². The van der Waals surface area contributed by atoms with E-state index in [4.69, 9.17) is 4.74 Å². The molecule has 2 nitrogen and oxygen atoms in total. The molecule has 2 rings (SSSR count). The first-order chi connectivity index (χ1) is 7.19. The third-order valence-electron chi connectivity index (χ3n) is 4.03. The van der Waals surface area contributed by atoms with Crippen molar-refractivity contribution in [1.82, 2.24) is 0 Å². The molecule has 0 N–H and O–H groups in total. The zero-order valence-electron chi connectivity index (χ0n) is 9.55. The lowest BCUT2D eigenvalue weighted by Crippen LogP contribution is -2.24. The summed E-state index contributed by atoms with van der Waals surface area (Å²) in [5.41, 5.74) is 0.741. The maximum atomic E-state index is 11.7. The summed E-state index contributed by atoms with van der Waals surface area (Å²) in [5, 5.41) is 0. The first-order valence-electron chi connectivity index (χ1n) is 6.04. The third-order valence-corrected chi connectivity index (χ3v) is 4.03. The van der Waals surface area contributed by atoms with Gasteiger partial charge in [0.05, 0.1) is 5.41 Å². The second-order valence-corrected chi connectivity index (χ2v) is 5.01. The van der Waals surface area contributed by atoms with E-state index in [2.05, 4.69) is 13.5 Å². The minimum Gasteiger partial charge on any atom is -0.460 e. The lowest BCUT2D eigenvalue weighted by Gasteiger charge is -2.19. The SMILES string of the molecule is C=C1COC(=O)[C@@]12CC[C@@H](CCCC)C2. The smallest absolute Gasteiger partial charge is 0.316 e. The molecular formula is C13H20O2. The Bertz CT molecular complexity index is 264. The van der Waals surface area contributed by atoms with Crippen LogP contribution < -0.4 is 0 Å². The molecule has 2 aliphatic rings. The summed E-state index contributed by atoms with van der Waals surface area (Å²) in [6.45, 7) is 6.68. The fourth-order valence-electron chi connectivity index (χ4n) is 2.97. The van der Waals surface area contributed by atoms with Crippen LogP contribution in [0.15, 0.2) is 12.2 Å². The number of rotatable bonds is 3. The molecule has 1 saturated carbocycles. The average Bonchev–Trinajstić information content (AvgIpc) is 2.77. The van der Waals surface area contributed by atoms with Crippen molar-refractivity contribution in [2.45, 2.75) is 45.4 Å². The van der Waals surface area contributed by atoms with E-state index in [1.807, 2.05) is 0 Å². The molecule has 0 aromatic rings. The molecule has 2 atom stereocenters. The van der Waals surface area contributed by atoms with Crippen LogP contribution in [0.4, 0.5) is 0 Å². The van der Waals surface area contributed by atoms with E-state index in [-0.39, 0.29) is 11.4 Å². The van der Waals surface area contributed by atoms with Crippen LogP contribution in [-0.4, -0.2) is 12.6 Å². The highest BCUT2D eigenvalue weighted by Crippen LogP contribution is 2.51. The number of carbonyl (C=O) groups is 1. The Hall–Kier alpha value is -0.790. The molecular weight excluding hydrogens is 188 g/mol. The molecule has 1 aliphatic heterocycles. The number of hydrogen-bond acceptors (Lipinski definition) is 2. The molecule has 1 heterocycles. The molecule has 2 fully saturated rings. The normalized spacial score (nSPS) is 35.1. The number of unbranched alkanes of at least 4 members (excludes halogenated alkanes) is 1. The minimum atomic E-state index is -0.279. The predicted octanol–water partition coefficient (Wildman–Crippen LogP) is 3.08. The van der Waals surface area contributed by atoms with Gasteiger partial charge in [-0.25, -0.2) is 0 Å². The zero-order valence-corrected chi connectivity index (χ0v) is 9.55. The fourth-order valence-corrected chi connectivity index (χ4v) is 2.97. The van der Waals surface area contributed by atoms with E-state index in [1.165, 1.54) is 25.7 Å². The summed E-state index contributed by atoms with van der Waals surface area (Å²) < 4.78 is 5.12. The molecule has 1 spiro atoms. The summed E-state index contributed by atoms with van der Waals surface area (Å²) in [5.74, 6) is 0.707. The number of hydrogen-bond donors (Lipinski definition) is 0. The molecule has 1 aliphatic carbocycles. The summed E-state index contributed by atoms with van der Waals surface area (Å²) in [4.78, 5) is 11.7. The summed E-state index contributed by atoms with van der Waals surface area (Å²) in [7, 11) is 0. The molecule has 84 valence electrons. The van der Waals surface area contributed by atoms with Gasteiger partial charge in [0.2, 0.25) is 0 Å².